The van der Waals surface area contributed by atoms with Crippen LogP contribution in [-0.2, 0) is 9.59 Å². The average Bonchev–Trinajstić information content (AvgIpc) is 2.25. The van der Waals surface area contributed by atoms with E-state index in [2.05, 4.69) is 19.2 Å². The maximum absolute atomic E-state index is 12.2. The molecule has 0 spiro atoms. The Kier molecular flexibility index (Phi) is 4.97. The Hall–Kier alpha value is -1.06. The maximum Gasteiger partial charge on any atom is 0.245 e. The highest BCUT2D eigenvalue weighted by Gasteiger charge is 2.39. The molecule has 0 saturated carbocycles. The molecule has 17 heavy (non-hydrogen) atoms. The fourth-order valence-corrected chi connectivity index (χ4v) is 2.37. The van der Waals surface area contributed by atoms with Crippen molar-refractivity contribution in [1.29, 1.82) is 0 Å². The number of carbonyl (C=O) groups excluding carboxylic acids is 2. The van der Waals surface area contributed by atoms with Gasteiger partial charge in [0.05, 0.1) is 0 Å². The summed E-state index contributed by atoms with van der Waals surface area (Å²) in [4.78, 5) is 26.0. The Balaban J connectivity index is 2.81. The van der Waals surface area contributed by atoms with Crippen molar-refractivity contribution in [3.63, 3.8) is 0 Å². The molecule has 4 nitrogen and oxygen atoms in total. The molecule has 0 aromatic rings. The molecule has 2 atom stereocenters. The molecule has 2 amide bonds. The van der Waals surface area contributed by atoms with Crippen LogP contribution in [0.5, 0.6) is 0 Å². The Labute approximate surface area is 104 Å². The lowest BCUT2D eigenvalue weighted by Crippen LogP contribution is -2.63. The zero-order chi connectivity index (χ0) is 13.0. The highest BCUT2D eigenvalue weighted by atomic mass is 16.2. The van der Waals surface area contributed by atoms with Crippen molar-refractivity contribution in [2.75, 3.05) is 6.54 Å². The third-order valence-electron chi connectivity index (χ3n) is 3.19. The summed E-state index contributed by atoms with van der Waals surface area (Å²) in [6.45, 7) is 8.72. The second kappa shape index (κ2) is 6.03. The highest BCUT2D eigenvalue weighted by molar-refractivity contribution is 5.96. The van der Waals surface area contributed by atoms with E-state index >= 15 is 0 Å². The van der Waals surface area contributed by atoms with Gasteiger partial charge in [-0.3, -0.25) is 9.59 Å². The summed E-state index contributed by atoms with van der Waals surface area (Å²) in [7, 11) is 0. The van der Waals surface area contributed by atoms with Crippen LogP contribution in [0, 0.1) is 5.92 Å². The number of hydrogen-bond donors (Lipinski definition) is 1. The lowest BCUT2D eigenvalue weighted by molar-refractivity contribution is -0.149. The van der Waals surface area contributed by atoms with Gasteiger partial charge < -0.3 is 10.2 Å². The fourth-order valence-electron chi connectivity index (χ4n) is 2.37. The van der Waals surface area contributed by atoms with E-state index in [4.69, 9.17) is 0 Å². The number of nitrogens with zero attached hydrogens (tertiary/aromatic N) is 1. The summed E-state index contributed by atoms with van der Waals surface area (Å²) < 4.78 is 0. The van der Waals surface area contributed by atoms with E-state index in [1.54, 1.807) is 4.90 Å². The minimum atomic E-state index is -0.309. The zero-order valence-electron chi connectivity index (χ0n) is 11.3. The third-order valence-corrected chi connectivity index (χ3v) is 3.19. The van der Waals surface area contributed by atoms with E-state index in [9.17, 15) is 9.59 Å². The lowest BCUT2D eigenvalue weighted by atomic mass is 9.96. The first-order valence-corrected chi connectivity index (χ1v) is 6.62. The smallest absolute Gasteiger partial charge is 0.245 e. The van der Waals surface area contributed by atoms with Gasteiger partial charge in [0, 0.05) is 6.54 Å². The number of hydrogen-bond acceptors (Lipinski definition) is 2. The molecule has 1 aliphatic heterocycles. The van der Waals surface area contributed by atoms with Crippen molar-refractivity contribution in [3.05, 3.63) is 0 Å². The number of amides is 2. The predicted octanol–water partition coefficient (Wildman–Crippen LogP) is 1.55. The van der Waals surface area contributed by atoms with Crippen molar-refractivity contribution in [3.8, 4) is 0 Å². The van der Waals surface area contributed by atoms with Crippen molar-refractivity contribution >= 4 is 11.8 Å². The molecule has 0 aromatic carbocycles. The van der Waals surface area contributed by atoms with E-state index in [0.717, 1.165) is 19.3 Å². The zero-order valence-corrected chi connectivity index (χ0v) is 11.3. The van der Waals surface area contributed by atoms with Crippen molar-refractivity contribution in [2.45, 2.75) is 59.0 Å². The van der Waals surface area contributed by atoms with Gasteiger partial charge in [-0.15, -0.1) is 0 Å². The van der Waals surface area contributed by atoms with Crippen LogP contribution in [-0.4, -0.2) is 35.3 Å². The van der Waals surface area contributed by atoms with Crippen LogP contribution >= 0.6 is 0 Å². The van der Waals surface area contributed by atoms with Gasteiger partial charge >= 0.3 is 0 Å². The molecule has 0 bridgehead atoms. The minimum absolute atomic E-state index is 0.0126. The molecule has 0 radical (unpaired) electrons. The number of likely N-dealkylation sites (N-methyl/N-ethyl adjacent to an activating group) is 1. The summed E-state index contributed by atoms with van der Waals surface area (Å²) in [6, 6.07) is -0.587. The first-order valence-electron chi connectivity index (χ1n) is 6.62. The molecule has 98 valence electrons. The fraction of sp³-hybridized carbons (Fsp3) is 0.846. The summed E-state index contributed by atoms with van der Waals surface area (Å²) in [5.74, 6) is 0.508. The van der Waals surface area contributed by atoms with Crippen molar-refractivity contribution in [2.24, 2.45) is 5.92 Å². The van der Waals surface area contributed by atoms with Crippen LogP contribution in [0.4, 0.5) is 0 Å². The monoisotopic (exact) mass is 240 g/mol. The van der Waals surface area contributed by atoms with Crippen LogP contribution in [0.1, 0.15) is 47.0 Å². The van der Waals surface area contributed by atoms with Gasteiger partial charge in [0.1, 0.15) is 12.1 Å². The van der Waals surface area contributed by atoms with Crippen LogP contribution in [0.3, 0.4) is 0 Å². The average molecular weight is 240 g/mol. The van der Waals surface area contributed by atoms with Crippen molar-refractivity contribution < 1.29 is 9.59 Å². The number of rotatable bonds is 5. The minimum Gasteiger partial charge on any atom is -0.343 e. The molecule has 1 heterocycles. The van der Waals surface area contributed by atoms with Gasteiger partial charge in [0.25, 0.3) is 0 Å². The van der Waals surface area contributed by atoms with Gasteiger partial charge in [0.2, 0.25) is 11.8 Å². The van der Waals surface area contributed by atoms with E-state index in [0.29, 0.717) is 12.5 Å². The normalized spacial score (nSPS) is 25.4. The lowest BCUT2D eigenvalue weighted by Gasteiger charge is -2.39. The van der Waals surface area contributed by atoms with E-state index in [-0.39, 0.29) is 23.9 Å². The van der Waals surface area contributed by atoms with E-state index in [1.165, 1.54) is 0 Å². The molecular formula is C13H24N2O2. The molecule has 1 N–H and O–H groups in total. The van der Waals surface area contributed by atoms with Crippen LogP contribution in [0.2, 0.25) is 0 Å². The van der Waals surface area contributed by atoms with Gasteiger partial charge in [0.15, 0.2) is 0 Å². The second-order valence-corrected chi connectivity index (χ2v) is 5.12. The largest absolute Gasteiger partial charge is 0.343 e. The molecule has 1 saturated heterocycles. The van der Waals surface area contributed by atoms with Gasteiger partial charge in [-0.25, -0.2) is 0 Å². The standard InChI is InChI=1S/C13H24N2O2/c1-5-7-10-13(17)15(6-2)11(8-9(3)4)12(16)14-10/h9-11H,5-8H2,1-4H3,(H,14,16). The Morgan fingerprint density at radius 2 is 1.94 bits per heavy atom. The molecule has 0 aliphatic carbocycles. The summed E-state index contributed by atoms with van der Waals surface area (Å²) in [5.41, 5.74) is 0. The molecule has 0 aromatic heterocycles. The number of nitrogens with one attached hydrogen (secondary N) is 1. The quantitative estimate of drug-likeness (QED) is 0.792. The second-order valence-electron chi connectivity index (χ2n) is 5.12. The summed E-state index contributed by atoms with van der Waals surface area (Å²) >= 11 is 0. The van der Waals surface area contributed by atoms with Gasteiger partial charge in [-0.05, 0) is 25.7 Å². The molecule has 2 unspecified atom stereocenters. The number of carbonyl (C=O) groups is 2. The predicted molar refractivity (Wildman–Crippen MR) is 67.5 cm³/mol. The highest BCUT2D eigenvalue weighted by Crippen LogP contribution is 2.18. The van der Waals surface area contributed by atoms with Crippen LogP contribution < -0.4 is 5.32 Å². The van der Waals surface area contributed by atoms with Crippen LogP contribution in [0.25, 0.3) is 0 Å². The van der Waals surface area contributed by atoms with Gasteiger partial charge in [-0.1, -0.05) is 27.2 Å². The summed E-state index contributed by atoms with van der Waals surface area (Å²) in [5, 5.41) is 2.86. The van der Waals surface area contributed by atoms with Crippen molar-refractivity contribution in [1.82, 2.24) is 10.2 Å². The SMILES string of the molecule is CCCC1NC(=O)C(CC(C)C)N(CC)C1=O. The first kappa shape index (κ1) is 14.0. The Morgan fingerprint density at radius 1 is 1.29 bits per heavy atom. The first-order chi connectivity index (χ1) is 8.01. The number of piperazine rings is 1. The Bertz CT molecular complexity index is 289. The third kappa shape index (κ3) is 3.20. The maximum atomic E-state index is 12.2. The Morgan fingerprint density at radius 3 is 2.41 bits per heavy atom. The topological polar surface area (TPSA) is 49.4 Å². The van der Waals surface area contributed by atoms with E-state index in [1.807, 2.05) is 13.8 Å². The molecule has 1 aliphatic rings. The summed E-state index contributed by atoms with van der Waals surface area (Å²) in [6.07, 6.45) is 2.38. The molecular weight excluding hydrogens is 216 g/mol. The molecule has 1 rings (SSSR count). The van der Waals surface area contributed by atoms with Crippen LogP contribution in [0.15, 0.2) is 0 Å². The van der Waals surface area contributed by atoms with E-state index < -0.39 is 0 Å². The molecule has 4 heteroatoms. The molecule has 1 fully saturated rings. The van der Waals surface area contributed by atoms with Gasteiger partial charge in [-0.2, -0.15) is 0 Å².